The van der Waals surface area contributed by atoms with Crippen LogP contribution in [0.5, 0.6) is 0 Å². The van der Waals surface area contributed by atoms with Gasteiger partial charge in [0.2, 0.25) is 0 Å². The Morgan fingerprint density at radius 2 is 2.00 bits per heavy atom. The summed E-state index contributed by atoms with van der Waals surface area (Å²) in [5, 5.41) is 19.9. The maximum atomic E-state index is 14.9. The predicted octanol–water partition coefficient (Wildman–Crippen LogP) is 4.41. The van der Waals surface area contributed by atoms with E-state index in [1.807, 2.05) is 6.07 Å². The first-order chi connectivity index (χ1) is 17.3. The number of rotatable bonds is 5. The topological polar surface area (TPSA) is 111 Å². The molecule has 1 aromatic carbocycles. The van der Waals surface area contributed by atoms with Gasteiger partial charge in [-0.1, -0.05) is 0 Å². The highest BCUT2D eigenvalue weighted by atomic mass is 19.1. The molecule has 3 N–H and O–H groups in total. The Labute approximate surface area is 204 Å². The third-order valence-corrected chi connectivity index (χ3v) is 6.35. The van der Waals surface area contributed by atoms with Gasteiger partial charge < -0.3 is 15.6 Å². The van der Waals surface area contributed by atoms with Crippen LogP contribution in [0.3, 0.4) is 0 Å². The molecule has 11 heteroatoms. The molecular formula is C25H22F3N7O. The van der Waals surface area contributed by atoms with Crippen molar-refractivity contribution in [1.82, 2.24) is 25.1 Å². The van der Waals surface area contributed by atoms with Gasteiger partial charge in [-0.15, -0.1) is 0 Å². The number of benzene rings is 1. The Morgan fingerprint density at radius 1 is 1.19 bits per heavy atom. The first-order valence-corrected chi connectivity index (χ1v) is 11.5. The molecule has 8 nitrogen and oxygen atoms in total. The number of nitrogens with zero attached hydrogens (tertiary/aromatic N) is 4. The molecule has 0 radical (unpaired) electrons. The van der Waals surface area contributed by atoms with Crippen molar-refractivity contribution in [2.75, 3.05) is 5.32 Å². The molecule has 1 fully saturated rings. The second kappa shape index (κ2) is 9.37. The normalized spacial score (nSPS) is 17.6. The number of hydrogen-bond donors (Lipinski definition) is 3. The molecule has 3 aromatic heterocycles. The second-order valence-corrected chi connectivity index (χ2v) is 8.89. The van der Waals surface area contributed by atoms with Crippen molar-refractivity contribution < 1.29 is 18.0 Å². The fraction of sp³-hybridized carbons (Fsp3) is 0.280. The van der Waals surface area contributed by atoms with Crippen LogP contribution >= 0.6 is 0 Å². The molecule has 1 saturated carbocycles. The number of nitrogens with one attached hydrogen (secondary N) is 3. The molecule has 1 aliphatic rings. The van der Waals surface area contributed by atoms with E-state index in [0.717, 1.165) is 37.5 Å². The van der Waals surface area contributed by atoms with Crippen LogP contribution in [0.2, 0.25) is 0 Å². The number of aromatic nitrogens is 4. The van der Waals surface area contributed by atoms with E-state index < -0.39 is 17.5 Å². The zero-order valence-electron chi connectivity index (χ0n) is 19.3. The number of aromatic amines is 1. The Morgan fingerprint density at radius 3 is 2.75 bits per heavy atom. The van der Waals surface area contributed by atoms with E-state index in [4.69, 9.17) is 0 Å². The van der Waals surface area contributed by atoms with Crippen LogP contribution in [0.25, 0.3) is 22.2 Å². The van der Waals surface area contributed by atoms with Crippen molar-refractivity contribution in [1.29, 1.82) is 5.26 Å². The number of aryl methyl sites for hydroxylation is 1. The van der Waals surface area contributed by atoms with Gasteiger partial charge in [0.05, 0.1) is 16.8 Å². The molecule has 5 rings (SSSR count). The van der Waals surface area contributed by atoms with E-state index in [-0.39, 0.29) is 51.5 Å². The summed E-state index contributed by atoms with van der Waals surface area (Å²) in [6.45, 7) is 0. The lowest BCUT2D eigenvalue weighted by Crippen LogP contribution is -2.42. The van der Waals surface area contributed by atoms with Crippen LogP contribution in [-0.4, -0.2) is 37.7 Å². The molecule has 1 aliphatic carbocycles. The van der Waals surface area contributed by atoms with Gasteiger partial charge in [-0.2, -0.15) is 10.4 Å². The van der Waals surface area contributed by atoms with Crippen LogP contribution in [0, 0.1) is 28.8 Å². The first-order valence-electron chi connectivity index (χ1n) is 11.5. The number of H-pyrrole nitrogens is 1. The number of carbonyl (C=O) groups excluding carboxylic acids is 1. The average Bonchev–Trinajstić information content (AvgIpc) is 3.47. The minimum absolute atomic E-state index is 0.0623. The van der Waals surface area contributed by atoms with E-state index >= 15 is 0 Å². The van der Waals surface area contributed by atoms with E-state index in [9.17, 15) is 23.2 Å². The molecule has 4 aromatic rings. The van der Waals surface area contributed by atoms with Gasteiger partial charge in [-0.25, -0.2) is 18.2 Å². The summed E-state index contributed by atoms with van der Waals surface area (Å²) in [4.78, 5) is 19.6. The van der Waals surface area contributed by atoms with E-state index in [0.29, 0.717) is 12.1 Å². The van der Waals surface area contributed by atoms with Crippen molar-refractivity contribution >= 4 is 22.6 Å². The molecule has 0 spiro atoms. The highest BCUT2D eigenvalue weighted by molar-refractivity contribution is 5.96. The first kappa shape index (κ1) is 23.4. The van der Waals surface area contributed by atoms with Gasteiger partial charge in [0.1, 0.15) is 23.4 Å². The average molecular weight is 493 g/mol. The van der Waals surface area contributed by atoms with Crippen LogP contribution in [0.15, 0.2) is 36.7 Å². The second-order valence-electron chi connectivity index (χ2n) is 8.89. The maximum Gasteiger partial charge on any atom is 0.271 e. The van der Waals surface area contributed by atoms with Crippen molar-refractivity contribution in [2.24, 2.45) is 7.05 Å². The Balaban J connectivity index is 1.39. The molecule has 2 atom stereocenters. The quantitative estimate of drug-likeness (QED) is 0.382. The molecule has 1 unspecified atom stereocenters. The van der Waals surface area contributed by atoms with Crippen LogP contribution < -0.4 is 10.6 Å². The van der Waals surface area contributed by atoms with Crippen molar-refractivity contribution in [3.05, 3.63) is 65.4 Å². The summed E-state index contributed by atoms with van der Waals surface area (Å²) in [7, 11) is 1.73. The third-order valence-electron chi connectivity index (χ3n) is 6.35. The molecule has 0 bridgehead atoms. The number of hydrogen-bond acceptors (Lipinski definition) is 5. The van der Waals surface area contributed by atoms with Crippen molar-refractivity contribution in [3.63, 3.8) is 0 Å². The SMILES string of the molecule is Cn1ccc(C(=O)N[C@@H]2CCCC(Nc3nc(-c4c[nH]c5c(F)cc(F)cc45)c(C#N)cc3F)C2)n1. The molecule has 184 valence electrons. The Bertz CT molecular complexity index is 1500. The standard InChI is InChI=1S/C25H22F3N7O/c1-35-6-5-21(34-35)25(36)32-16-4-2-3-15(10-16)31-24-20(28)7-13(11-29)22(33-24)18-12-30-23-17(18)8-14(26)9-19(23)27/h5-9,12,15-16,30H,2-4,10H2,1H3,(H,31,33)(H,32,36)/t15?,16-/m1/s1. The fourth-order valence-corrected chi connectivity index (χ4v) is 4.67. The van der Waals surface area contributed by atoms with Gasteiger partial charge in [-0.05, 0) is 43.9 Å². The summed E-state index contributed by atoms with van der Waals surface area (Å²) in [5.41, 5.74) is 0.715. The largest absolute Gasteiger partial charge is 0.365 e. The molecular weight excluding hydrogens is 471 g/mol. The highest BCUT2D eigenvalue weighted by Gasteiger charge is 2.26. The van der Waals surface area contributed by atoms with E-state index in [1.165, 1.54) is 6.20 Å². The zero-order chi connectivity index (χ0) is 25.4. The molecule has 1 amide bonds. The summed E-state index contributed by atoms with van der Waals surface area (Å²) in [5.74, 6) is -2.62. The lowest BCUT2D eigenvalue weighted by molar-refractivity contribution is 0.0920. The smallest absolute Gasteiger partial charge is 0.271 e. The minimum atomic E-state index is -0.781. The summed E-state index contributed by atoms with van der Waals surface area (Å²) in [6.07, 6.45) is 5.96. The third kappa shape index (κ3) is 4.49. The Kier molecular flexibility index (Phi) is 6.10. The number of carbonyl (C=O) groups is 1. The number of nitriles is 1. The molecule has 3 heterocycles. The van der Waals surface area contributed by atoms with Gasteiger partial charge in [0.15, 0.2) is 11.6 Å². The monoisotopic (exact) mass is 493 g/mol. The summed E-state index contributed by atoms with van der Waals surface area (Å²) in [6, 6.07) is 6.17. The number of fused-ring (bicyclic) bond motifs is 1. The highest BCUT2D eigenvalue weighted by Crippen LogP contribution is 2.34. The fourth-order valence-electron chi connectivity index (χ4n) is 4.67. The molecule has 0 aliphatic heterocycles. The zero-order valence-corrected chi connectivity index (χ0v) is 19.3. The Hall–Kier alpha value is -4.33. The lowest BCUT2D eigenvalue weighted by Gasteiger charge is -2.30. The lowest BCUT2D eigenvalue weighted by atomic mass is 9.90. The van der Waals surface area contributed by atoms with Gasteiger partial charge in [0.25, 0.3) is 5.91 Å². The van der Waals surface area contributed by atoms with Gasteiger partial charge >= 0.3 is 0 Å². The number of anilines is 1. The summed E-state index contributed by atoms with van der Waals surface area (Å²) < 4.78 is 44.5. The van der Waals surface area contributed by atoms with Crippen LogP contribution in [-0.2, 0) is 7.05 Å². The molecule has 36 heavy (non-hydrogen) atoms. The van der Waals surface area contributed by atoms with Crippen molar-refractivity contribution in [2.45, 2.75) is 37.8 Å². The molecule has 0 saturated heterocycles. The van der Waals surface area contributed by atoms with Crippen LogP contribution in [0.1, 0.15) is 41.7 Å². The number of pyridine rings is 1. The van der Waals surface area contributed by atoms with Gasteiger partial charge in [0, 0.05) is 48.5 Å². The van der Waals surface area contributed by atoms with E-state index in [2.05, 4.69) is 25.7 Å². The number of amides is 1. The van der Waals surface area contributed by atoms with Crippen molar-refractivity contribution in [3.8, 4) is 17.3 Å². The number of halogens is 3. The van der Waals surface area contributed by atoms with Crippen LogP contribution in [0.4, 0.5) is 19.0 Å². The maximum absolute atomic E-state index is 14.9. The van der Waals surface area contributed by atoms with Gasteiger partial charge in [-0.3, -0.25) is 9.48 Å². The predicted molar refractivity (Wildman–Crippen MR) is 126 cm³/mol. The minimum Gasteiger partial charge on any atom is -0.365 e. The summed E-state index contributed by atoms with van der Waals surface area (Å²) >= 11 is 0. The van der Waals surface area contributed by atoms with E-state index in [1.54, 1.807) is 24.0 Å².